The minimum Gasteiger partial charge on any atom is -0.353 e. The highest BCUT2D eigenvalue weighted by molar-refractivity contribution is 7.99. The number of thioether (sulfide) groups is 1. The van der Waals surface area contributed by atoms with Crippen molar-refractivity contribution in [3.8, 4) is 0 Å². The van der Waals surface area contributed by atoms with E-state index < -0.39 is 0 Å². The molecular formula is C10H20O2S. The maximum atomic E-state index is 5.34. The van der Waals surface area contributed by atoms with Crippen molar-refractivity contribution in [1.82, 2.24) is 0 Å². The summed E-state index contributed by atoms with van der Waals surface area (Å²) in [6.45, 7) is 3.54. The Morgan fingerprint density at radius 2 is 2.23 bits per heavy atom. The number of unbranched alkanes of at least 4 members (excludes halogenated alkanes) is 3. The highest BCUT2D eigenvalue weighted by atomic mass is 32.2. The molecule has 1 saturated heterocycles. The summed E-state index contributed by atoms with van der Waals surface area (Å²) in [7, 11) is 0. The van der Waals surface area contributed by atoms with E-state index in [1.54, 1.807) is 0 Å². The molecule has 1 atom stereocenters. The second-order valence-electron chi connectivity index (χ2n) is 3.41. The van der Waals surface area contributed by atoms with E-state index in [1.807, 2.05) is 11.8 Å². The van der Waals surface area contributed by atoms with Gasteiger partial charge >= 0.3 is 0 Å². The van der Waals surface area contributed by atoms with E-state index in [-0.39, 0.29) is 0 Å². The van der Waals surface area contributed by atoms with Gasteiger partial charge in [-0.2, -0.15) is 11.8 Å². The minimum atomic E-state index is 0.358. The molecule has 1 unspecified atom stereocenters. The fourth-order valence-corrected chi connectivity index (χ4v) is 2.34. The Bertz CT molecular complexity index is 113. The number of hydrogen-bond donors (Lipinski definition) is 0. The topological polar surface area (TPSA) is 18.5 Å². The van der Waals surface area contributed by atoms with Crippen molar-refractivity contribution in [1.29, 1.82) is 0 Å². The van der Waals surface area contributed by atoms with Gasteiger partial charge < -0.3 is 9.47 Å². The number of ether oxygens (including phenoxy) is 2. The largest absolute Gasteiger partial charge is 0.353 e. The van der Waals surface area contributed by atoms with E-state index >= 15 is 0 Å². The van der Waals surface area contributed by atoms with Gasteiger partial charge in [0, 0.05) is 5.75 Å². The molecule has 0 amide bonds. The molecule has 0 spiro atoms. The summed E-state index contributed by atoms with van der Waals surface area (Å²) in [6.07, 6.45) is 5.79. The second kappa shape index (κ2) is 7.65. The van der Waals surface area contributed by atoms with E-state index in [9.17, 15) is 0 Å². The fourth-order valence-electron chi connectivity index (χ4n) is 1.31. The Labute approximate surface area is 85.4 Å². The van der Waals surface area contributed by atoms with E-state index in [2.05, 4.69) is 6.92 Å². The molecule has 0 saturated carbocycles. The summed E-state index contributed by atoms with van der Waals surface area (Å²) >= 11 is 2.00. The van der Waals surface area contributed by atoms with Crippen LogP contribution >= 0.6 is 11.8 Å². The SMILES string of the molecule is CCCCCCSCC1COCO1. The van der Waals surface area contributed by atoms with Gasteiger partial charge in [0.05, 0.1) is 12.7 Å². The molecule has 1 aliphatic rings. The Morgan fingerprint density at radius 1 is 1.31 bits per heavy atom. The third-order valence-electron chi connectivity index (χ3n) is 2.14. The van der Waals surface area contributed by atoms with Gasteiger partial charge in [0.2, 0.25) is 0 Å². The monoisotopic (exact) mass is 204 g/mol. The van der Waals surface area contributed by atoms with Crippen molar-refractivity contribution in [2.45, 2.75) is 38.7 Å². The van der Waals surface area contributed by atoms with Crippen LogP contribution in [0.4, 0.5) is 0 Å². The normalized spacial score (nSPS) is 22.4. The van der Waals surface area contributed by atoms with Crippen molar-refractivity contribution >= 4 is 11.8 Å². The van der Waals surface area contributed by atoms with Crippen LogP contribution in [0.25, 0.3) is 0 Å². The van der Waals surface area contributed by atoms with Crippen LogP contribution in [-0.2, 0) is 9.47 Å². The predicted molar refractivity (Wildman–Crippen MR) is 57.2 cm³/mol. The first kappa shape index (κ1) is 11.3. The molecule has 0 radical (unpaired) electrons. The van der Waals surface area contributed by atoms with Gasteiger partial charge in [0.25, 0.3) is 0 Å². The lowest BCUT2D eigenvalue weighted by molar-refractivity contribution is 0.0525. The van der Waals surface area contributed by atoms with Crippen LogP contribution in [0, 0.1) is 0 Å². The number of hydrogen-bond acceptors (Lipinski definition) is 3. The number of rotatable bonds is 7. The van der Waals surface area contributed by atoms with Crippen LogP contribution in [0.15, 0.2) is 0 Å². The van der Waals surface area contributed by atoms with Crippen LogP contribution in [0.2, 0.25) is 0 Å². The highest BCUT2D eigenvalue weighted by Crippen LogP contribution is 2.13. The van der Waals surface area contributed by atoms with Crippen LogP contribution in [0.3, 0.4) is 0 Å². The van der Waals surface area contributed by atoms with Crippen LogP contribution < -0.4 is 0 Å². The third-order valence-corrected chi connectivity index (χ3v) is 3.32. The Morgan fingerprint density at radius 3 is 2.92 bits per heavy atom. The quantitative estimate of drug-likeness (QED) is 0.594. The average molecular weight is 204 g/mol. The molecule has 0 bridgehead atoms. The van der Waals surface area contributed by atoms with Crippen molar-refractivity contribution in [2.75, 3.05) is 24.9 Å². The summed E-state index contributed by atoms with van der Waals surface area (Å²) in [5.74, 6) is 2.38. The van der Waals surface area contributed by atoms with E-state index in [1.165, 1.54) is 31.4 Å². The molecule has 2 nitrogen and oxygen atoms in total. The molecule has 0 aromatic carbocycles. The predicted octanol–water partition coefficient (Wildman–Crippen LogP) is 2.67. The lowest BCUT2D eigenvalue weighted by atomic mass is 10.2. The highest BCUT2D eigenvalue weighted by Gasteiger charge is 2.14. The maximum Gasteiger partial charge on any atom is 0.147 e. The molecule has 1 heterocycles. The van der Waals surface area contributed by atoms with E-state index in [4.69, 9.17) is 9.47 Å². The zero-order valence-electron chi connectivity index (χ0n) is 8.46. The van der Waals surface area contributed by atoms with E-state index in [0.717, 1.165) is 12.4 Å². The first-order valence-corrected chi connectivity index (χ1v) is 6.36. The molecule has 13 heavy (non-hydrogen) atoms. The third kappa shape index (κ3) is 5.55. The van der Waals surface area contributed by atoms with Crippen LogP contribution in [0.5, 0.6) is 0 Å². The smallest absolute Gasteiger partial charge is 0.147 e. The molecule has 78 valence electrons. The van der Waals surface area contributed by atoms with Gasteiger partial charge in [0.1, 0.15) is 6.79 Å². The summed E-state index contributed by atoms with van der Waals surface area (Å²) in [5.41, 5.74) is 0. The molecule has 0 N–H and O–H groups in total. The van der Waals surface area contributed by atoms with Gasteiger partial charge in [0.15, 0.2) is 0 Å². The summed E-state index contributed by atoms with van der Waals surface area (Å²) in [6, 6.07) is 0. The van der Waals surface area contributed by atoms with Gasteiger partial charge in [-0.3, -0.25) is 0 Å². The van der Waals surface area contributed by atoms with Gasteiger partial charge in [-0.15, -0.1) is 0 Å². The Kier molecular flexibility index (Phi) is 6.68. The van der Waals surface area contributed by atoms with Crippen molar-refractivity contribution in [3.63, 3.8) is 0 Å². The van der Waals surface area contributed by atoms with Crippen molar-refractivity contribution < 1.29 is 9.47 Å². The fraction of sp³-hybridized carbons (Fsp3) is 1.00. The molecular weight excluding hydrogens is 184 g/mol. The molecule has 0 aliphatic carbocycles. The molecule has 1 aliphatic heterocycles. The minimum absolute atomic E-state index is 0.358. The first-order valence-electron chi connectivity index (χ1n) is 5.20. The molecule has 0 aromatic rings. The second-order valence-corrected chi connectivity index (χ2v) is 4.56. The van der Waals surface area contributed by atoms with Crippen molar-refractivity contribution in [2.24, 2.45) is 0 Å². The van der Waals surface area contributed by atoms with Crippen molar-refractivity contribution in [3.05, 3.63) is 0 Å². The van der Waals surface area contributed by atoms with Gasteiger partial charge in [-0.05, 0) is 12.2 Å². The lowest BCUT2D eigenvalue weighted by Gasteiger charge is -2.06. The Hall–Kier alpha value is 0.270. The molecule has 0 aromatic heterocycles. The lowest BCUT2D eigenvalue weighted by Crippen LogP contribution is -2.12. The van der Waals surface area contributed by atoms with Crippen LogP contribution in [0.1, 0.15) is 32.6 Å². The van der Waals surface area contributed by atoms with Crippen LogP contribution in [-0.4, -0.2) is 31.0 Å². The Balaban J connectivity index is 1.78. The van der Waals surface area contributed by atoms with E-state index in [0.29, 0.717) is 12.9 Å². The summed E-state index contributed by atoms with van der Waals surface area (Å²) < 4.78 is 10.5. The first-order chi connectivity index (χ1) is 6.43. The summed E-state index contributed by atoms with van der Waals surface area (Å²) in [4.78, 5) is 0. The molecule has 1 rings (SSSR count). The van der Waals surface area contributed by atoms with Gasteiger partial charge in [-0.1, -0.05) is 26.2 Å². The molecule has 3 heteroatoms. The maximum absolute atomic E-state index is 5.34. The molecule has 1 fully saturated rings. The zero-order valence-corrected chi connectivity index (χ0v) is 9.28. The summed E-state index contributed by atoms with van der Waals surface area (Å²) in [5, 5.41) is 0. The standard InChI is InChI=1S/C10H20O2S/c1-2-3-4-5-6-13-8-10-7-11-9-12-10/h10H,2-9H2,1H3. The van der Waals surface area contributed by atoms with Gasteiger partial charge in [-0.25, -0.2) is 0 Å². The zero-order chi connectivity index (χ0) is 9.36. The average Bonchev–Trinajstić information content (AvgIpc) is 2.63.